The zero-order chi connectivity index (χ0) is 11.4. The van der Waals surface area contributed by atoms with Gasteiger partial charge < -0.3 is 16.2 Å². The minimum Gasteiger partial charge on any atom is -0.480 e. The van der Waals surface area contributed by atoms with Crippen molar-refractivity contribution in [2.75, 3.05) is 11.9 Å². The molecule has 1 atom stereocenters. The topological polar surface area (TPSA) is 75.3 Å². The van der Waals surface area contributed by atoms with Crippen LogP contribution in [-0.2, 0) is 4.79 Å². The number of carbonyl (C=O) groups is 1. The molecule has 1 rings (SSSR count). The number of carboxylic acids is 1. The fourth-order valence-electron chi connectivity index (χ4n) is 1.38. The van der Waals surface area contributed by atoms with E-state index in [1.165, 1.54) is 0 Å². The summed E-state index contributed by atoms with van der Waals surface area (Å²) >= 11 is 0. The van der Waals surface area contributed by atoms with Crippen LogP contribution in [0.3, 0.4) is 0 Å². The van der Waals surface area contributed by atoms with E-state index in [9.17, 15) is 4.79 Å². The number of nitrogens with two attached hydrogens (primary N) is 1. The van der Waals surface area contributed by atoms with E-state index in [4.69, 9.17) is 10.8 Å². The first kappa shape index (κ1) is 11.5. The predicted octanol–water partition coefficient (Wildman–Crippen LogP) is 1.13. The summed E-state index contributed by atoms with van der Waals surface area (Å²) in [6.45, 7) is 4.00. The van der Waals surface area contributed by atoms with Crippen molar-refractivity contribution >= 4 is 11.7 Å². The zero-order valence-corrected chi connectivity index (χ0v) is 8.95. The van der Waals surface area contributed by atoms with Crippen LogP contribution in [0, 0.1) is 13.8 Å². The minimum atomic E-state index is -0.933. The molecule has 1 unspecified atom stereocenters. The molecule has 0 spiro atoms. The van der Waals surface area contributed by atoms with Gasteiger partial charge >= 0.3 is 5.97 Å². The van der Waals surface area contributed by atoms with E-state index in [0.29, 0.717) is 0 Å². The lowest BCUT2D eigenvalue weighted by Gasteiger charge is -2.15. The fourth-order valence-corrected chi connectivity index (χ4v) is 1.38. The lowest BCUT2D eigenvalue weighted by molar-refractivity contribution is -0.137. The van der Waals surface area contributed by atoms with Gasteiger partial charge in [0, 0.05) is 12.2 Å². The van der Waals surface area contributed by atoms with E-state index in [1.807, 2.05) is 32.0 Å². The predicted molar refractivity (Wildman–Crippen MR) is 60.0 cm³/mol. The van der Waals surface area contributed by atoms with Gasteiger partial charge in [0.1, 0.15) is 6.04 Å². The van der Waals surface area contributed by atoms with Gasteiger partial charge in [0.25, 0.3) is 0 Å². The number of benzene rings is 1. The molecule has 1 aromatic rings. The average molecular weight is 208 g/mol. The van der Waals surface area contributed by atoms with E-state index < -0.39 is 12.0 Å². The molecule has 15 heavy (non-hydrogen) atoms. The van der Waals surface area contributed by atoms with Crippen molar-refractivity contribution in [2.24, 2.45) is 5.73 Å². The van der Waals surface area contributed by atoms with Crippen molar-refractivity contribution in [3.63, 3.8) is 0 Å². The van der Waals surface area contributed by atoms with Crippen LogP contribution in [0.25, 0.3) is 0 Å². The first-order chi connectivity index (χ1) is 7.04. The molecule has 1 aromatic carbocycles. The average Bonchev–Trinajstić information content (AvgIpc) is 2.16. The Bertz CT molecular complexity index is 364. The fraction of sp³-hybridized carbons (Fsp3) is 0.364. The second kappa shape index (κ2) is 4.79. The number of aliphatic carboxylic acids is 1. The molecule has 0 bridgehead atoms. The monoisotopic (exact) mass is 208 g/mol. The Labute approximate surface area is 89.1 Å². The van der Waals surface area contributed by atoms with E-state index in [1.54, 1.807) is 0 Å². The molecule has 0 saturated heterocycles. The van der Waals surface area contributed by atoms with E-state index in [0.717, 1.165) is 16.8 Å². The molecular weight excluding hydrogens is 192 g/mol. The number of carboxylic acid groups (broad SMARTS) is 1. The molecule has 4 heteroatoms. The number of nitrogens with one attached hydrogen (secondary N) is 1. The number of hydrogen-bond acceptors (Lipinski definition) is 3. The van der Waals surface area contributed by atoms with Gasteiger partial charge in [0.15, 0.2) is 0 Å². The molecule has 0 heterocycles. The highest BCUT2D eigenvalue weighted by Gasteiger charge is 2.15. The van der Waals surface area contributed by atoms with Crippen LogP contribution in [0.2, 0.25) is 0 Å². The molecule has 0 aliphatic rings. The second-order valence-corrected chi connectivity index (χ2v) is 3.59. The van der Waals surface area contributed by atoms with Crippen molar-refractivity contribution in [1.29, 1.82) is 0 Å². The van der Waals surface area contributed by atoms with E-state index >= 15 is 0 Å². The Morgan fingerprint density at radius 1 is 1.53 bits per heavy atom. The van der Waals surface area contributed by atoms with Crippen molar-refractivity contribution < 1.29 is 9.90 Å². The van der Waals surface area contributed by atoms with Crippen molar-refractivity contribution in [3.05, 3.63) is 29.3 Å². The van der Waals surface area contributed by atoms with Crippen LogP contribution in [0.5, 0.6) is 0 Å². The van der Waals surface area contributed by atoms with Crippen molar-refractivity contribution in [1.82, 2.24) is 0 Å². The summed E-state index contributed by atoms with van der Waals surface area (Å²) in [7, 11) is 0. The van der Waals surface area contributed by atoms with Crippen LogP contribution in [-0.4, -0.2) is 23.7 Å². The normalized spacial score (nSPS) is 12.2. The Hall–Kier alpha value is -1.55. The maximum absolute atomic E-state index is 10.8. The van der Waals surface area contributed by atoms with Gasteiger partial charge in [-0.1, -0.05) is 17.7 Å². The number of aryl methyl sites for hydroxylation is 2. The summed E-state index contributed by atoms with van der Waals surface area (Å²) in [5.41, 5.74) is 8.35. The summed E-state index contributed by atoms with van der Waals surface area (Å²) in [6, 6.07) is 5.07. The van der Waals surface area contributed by atoms with Gasteiger partial charge in [0.05, 0.1) is 0 Å². The van der Waals surface area contributed by atoms with Crippen LogP contribution < -0.4 is 11.1 Å². The number of anilines is 1. The molecule has 0 aliphatic carbocycles. The lowest BCUT2D eigenvalue weighted by Crippen LogP contribution is -2.36. The standard InChI is InChI=1S/C11H16N2O2/c1-7-3-4-9(8(2)5-7)13-10(6-12)11(14)15/h3-5,10,13H,6,12H2,1-2H3,(H,14,15). The molecule has 0 saturated carbocycles. The first-order valence-electron chi connectivity index (χ1n) is 4.81. The third-order valence-electron chi connectivity index (χ3n) is 2.25. The summed E-state index contributed by atoms with van der Waals surface area (Å²) in [6.07, 6.45) is 0. The number of hydrogen-bond donors (Lipinski definition) is 3. The highest BCUT2D eigenvalue weighted by Crippen LogP contribution is 2.16. The smallest absolute Gasteiger partial charge is 0.327 e. The Balaban J connectivity index is 2.84. The third-order valence-corrected chi connectivity index (χ3v) is 2.25. The quantitative estimate of drug-likeness (QED) is 0.693. The summed E-state index contributed by atoms with van der Waals surface area (Å²) < 4.78 is 0. The van der Waals surface area contributed by atoms with E-state index in [-0.39, 0.29) is 6.54 Å². The van der Waals surface area contributed by atoms with E-state index in [2.05, 4.69) is 5.32 Å². The maximum atomic E-state index is 10.8. The van der Waals surface area contributed by atoms with Crippen LogP contribution in [0.15, 0.2) is 18.2 Å². The largest absolute Gasteiger partial charge is 0.480 e. The van der Waals surface area contributed by atoms with Gasteiger partial charge in [-0.3, -0.25) is 0 Å². The SMILES string of the molecule is Cc1ccc(NC(CN)C(=O)O)c(C)c1. The molecule has 4 nitrogen and oxygen atoms in total. The molecule has 0 fully saturated rings. The van der Waals surface area contributed by atoms with Crippen LogP contribution in [0.4, 0.5) is 5.69 Å². The molecule has 0 amide bonds. The zero-order valence-electron chi connectivity index (χ0n) is 8.95. The molecule has 82 valence electrons. The van der Waals surface area contributed by atoms with Crippen molar-refractivity contribution in [3.8, 4) is 0 Å². The Morgan fingerprint density at radius 2 is 2.20 bits per heavy atom. The highest BCUT2D eigenvalue weighted by atomic mass is 16.4. The van der Waals surface area contributed by atoms with Crippen molar-refractivity contribution in [2.45, 2.75) is 19.9 Å². The first-order valence-corrected chi connectivity index (χ1v) is 4.81. The summed E-state index contributed by atoms with van der Waals surface area (Å²) in [5, 5.41) is 11.7. The Morgan fingerprint density at radius 3 is 2.67 bits per heavy atom. The molecule has 0 aliphatic heterocycles. The van der Waals surface area contributed by atoms with Gasteiger partial charge in [-0.15, -0.1) is 0 Å². The molecular formula is C11H16N2O2. The second-order valence-electron chi connectivity index (χ2n) is 3.59. The summed E-state index contributed by atoms with van der Waals surface area (Å²) in [5.74, 6) is -0.933. The minimum absolute atomic E-state index is 0.0721. The maximum Gasteiger partial charge on any atom is 0.327 e. The lowest BCUT2D eigenvalue weighted by atomic mass is 10.1. The Kier molecular flexibility index (Phi) is 3.68. The molecule has 0 aromatic heterocycles. The van der Waals surface area contributed by atoms with Crippen LogP contribution in [0.1, 0.15) is 11.1 Å². The number of rotatable bonds is 4. The van der Waals surface area contributed by atoms with Crippen LogP contribution >= 0.6 is 0 Å². The third kappa shape index (κ3) is 2.95. The molecule has 4 N–H and O–H groups in total. The van der Waals surface area contributed by atoms with Gasteiger partial charge in [-0.2, -0.15) is 0 Å². The van der Waals surface area contributed by atoms with Gasteiger partial charge in [0.2, 0.25) is 0 Å². The van der Waals surface area contributed by atoms with Gasteiger partial charge in [-0.05, 0) is 25.5 Å². The molecule has 0 radical (unpaired) electrons. The highest BCUT2D eigenvalue weighted by molar-refractivity contribution is 5.78. The summed E-state index contributed by atoms with van der Waals surface area (Å²) in [4.78, 5) is 10.8. The van der Waals surface area contributed by atoms with Gasteiger partial charge in [-0.25, -0.2) is 4.79 Å².